The minimum atomic E-state index is -0.737. The van der Waals surface area contributed by atoms with Gasteiger partial charge in [-0.15, -0.1) is 0 Å². The number of Topliss-reactive ketones (excluding diaryl/α,β-unsaturated/α-hetero) is 1. The zero-order valence-corrected chi connectivity index (χ0v) is 35.5. The number of carbonyl (C=O) groups excluding carboxylic acids is 3. The molecule has 0 aliphatic carbocycles. The fourth-order valence-corrected chi connectivity index (χ4v) is 8.28. The number of aromatic amines is 1. The van der Waals surface area contributed by atoms with Crippen molar-refractivity contribution in [1.82, 2.24) is 14.8 Å². The summed E-state index contributed by atoms with van der Waals surface area (Å²) < 4.78 is 5.78. The lowest BCUT2D eigenvalue weighted by atomic mass is 9.91. The second-order valence-corrected chi connectivity index (χ2v) is 16.6. The van der Waals surface area contributed by atoms with Gasteiger partial charge in [0, 0.05) is 63.0 Å². The molecule has 1 aliphatic rings. The minimum Gasteiger partial charge on any atom is -0.506 e. The number of aromatic hydroxyl groups is 1. The van der Waals surface area contributed by atoms with Crippen molar-refractivity contribution in [3.63, 3.8) is 0 Å². The number of aromatic nitrogens is 1. The van der Waals surface area contributed by atoms with Gasteiger partial charge in [-0.3, -0.25) is 19.7 Å². The number of aliphatic hydroxyl groups excluding tert-OH is 1. The Bertz CT molecular complexity index is 2290. The summed E-state index contributed by atoms with van der Waals surface area (Å²) in [7, 11) is 1.84. The van der Waals surface area contributed by atoms with Gasteiger partial charge in [0.15, 0.2) is 0 Å². The van der Waals surface area contributed by atoms with Crippen molar-refractivity contribution in [1.29, 1.82) is 0 Å². The Morgan fingerprint density at radius 2 is 1.62 bits per heavy atom. The van der Waals surface area contributed by atoms with E-state index >= 15 is 0 Å². The summed E-state index contributed by atoms with van der Waals surface area (Å²) in [6.45, 7) is 5.23. The first-order chi connectivity index (χ1) is 29.5. The number of nitrogens with zero attached hydrogens (tertiary/aromatic N) is 2. The van der Waals surface area contributed by atoms with E-state index < -0.39 is 12.2 Å². The van der Waals surface area contributed by atoms with Crippen LogP contribution in [0.5, 0.6) is 5.75 Å². The number of ketones is 1. The zero-order chi connectivity index (χ0) is 43.1. The molecule has 1 aliphatic heterocycles. The van der Waals surface area contributed by atoms with Crippen LogP contribution in [-0.2, 0) is 27.2 Å². The highest BCUT2D eigenvalue weighted by Crippen LogP contribution is 2.32. The summed E-state index contributed by atoms with van der Waals surface area (Å²) in [5.41, 5.74) is 5.53. The summed E-state index contributed by atoms with van der Waals surface area (Å²) in [6, 6.07) is 32.0. The van der Waals surface area contributed by atoms with Crippen LogP contribution in [0.15, 0.2) is 108 Å². The molecule has 2 amide bonds. The Balaban J connectivity index is 0.817. The first-order valence-corrected chi connectivity index (χ1v) is 21.7. The van der Waals surface area contributed by atoms with Crippen LogP contribution in [0.25, 0.3) is 22.0 Å². The van der Waals surface area contributed by atoms with E-state index in [2.05, 4.69) is 34.3 Å². The number of amides is 2. The molecule has 4 N–H and O–H groups in total. The fourth-order valence-electron chi connectivity index (χ4n) is 8.28. The first-order valence-electron chi connectivity index (χ1n) is 21.7. The number of rotatable bonds is 20. The quantitative estimate of drug-likeness (QED) is 0.0569. The van der Waals surface area contributed by atoms with Crippen molar-refractivity contribution < 1.29 is 29.3 Å². The van der Waals surface area contributed by atoms with Crippen molar-refractivity contribution in [2.45, 2.75) is 89.8 Å². The van der Waals surface area contributed by atoms with Crippen molar-refractivity contribution in [3.8, 4) is 16.9 Å². The summed E-state index contributed by atoms with van der Waals surface area (Å²) in [5, 5.41) is 24.7. The van der Waals surface area contributed by atoms with Crippen molar-refractivity contribution in [2.24, 2.45) is 5.92 Å². The largest absolute Gasteiger partial charge is 0.506 e. The minimum absolute atomic E-state index is 0.0267. The monoisotopic (exact) mass is 828 g/mol. The van der Waals surface area contributed by atoms with Crippen LogP contribution in [-0.4, -0.2) is 82.1 Å². The summed E-state index contributed by atoms with van der Waals surface area (Å²) in [5.74, 6) is 0.566. The smallest absolute Gasteiger partial charge is 0.411 e. The lowest BCUT2D eigenvalue weighted by Crippen LogP contribution is -2.39. The highest BCUT2D eigenvalue weighted by atomic mass is 16.6. The molecular weight excluding hydrogens is 769 g/mol. The maximum absolute atomic E-state index is 12.9. The summed E-state index contributed by atoms with van der Waals surface area (Å²) in [6.07, 6.45) is 5.92. The molecule has 11 nitrogen and oxygen atoms in total. The van der Waals surface area contributed by atoms with Gasteiger partial charge in [0.25, 0.3) is 0 Å². The van der Waals surface area contributed by atoms with Crippen LogP contribution < -0.4 is 10.9 Å². The number of piperidine rings is 1. The molecule has 5 aromatic rings. The number of pyridine rings is 1. The molecule has 0 unspecified atom stereocenters. The number of fused-ring (bicyclic) bond motifs is 1. The van der Waals surface area contributed by atoms with Crippen LogP contribution >= 0.6 is 0 Å². The van der Waals surface area contributed by atoms with Gasteiger partial charge >= 0.3 is 6.09 Å². The maximum Gasteiger partial charge on any atom is 0.411 e. The summed E-state index contributed by atoms with van der Waals surface area (Å²) in [4.78, 5) is 57.0. The molecule has 1 fully saturated rings. The standard InChI is InChI=1S/C50H60N4O7/c1-35(20-23-45(56)42-21-24-46(57)49-43(42)22-25-47(58)52-49)32-36-12-10-13-37(33-36)34-39(55)16-8-9-28-53(2)48(59)19-11-29-54-30-26-40(27-31-54)61-50(60)51-44-18-7-6-17-41(44)38-14-4-3-5-15-38/h3-7,10,12-15,17-18,21-22,24-25,33,35,40,45,56-57H,8-9,11,16,19-20,23,26-32,34H2,1-2H3,(H,51,60)(H,52,58)/t35-,45+/m1/s1. The molecule has 6 rings (SSSR count). The van der Waals surface area contributed by atoms with Crippen molar-refractivity contribution >= 4 is 34.4 Å². The molecule has 0 radical (unpaired) electrons. The topological polar surface area (TPSA) is 152 Å². The maximum atomic E-state index is 12.9. The fraction of sp³-hybridized carbons (Fsp3) is 0.400. The number of nitrogens with one attached hydrogen (secondary N) is 2. The molecule has 2 heterocycles. The number of para-hydroxylation sites is 1. The number of anilines is 1. The van der Waals surface area contributed by atoms with E-state index in [4.69, 9.17) is 4.74 Å². The van der Waals surface area contributed by atoms with Gasteiger partial charge < -0.3 is 29.7 Å². The molecule has 4 aromatic carbocycles. The molecular formula is C50H60N4O7. The number of phenols is 1. The average molecular weight is 829 g/mol. The Morgan fingerprint density at radius 3 is 2.43 bits per heavy atom. The Hall–Kier alpha value is -5.78. The van der Waals surface area contributed by atoms with Gasteiger partial charge in [-0.25, -0.2) is 4.79 Å². The zero-order valence-electron chi connectivity index (χ0n) is 35.5. The molecule has 1 aromatic heterocycles. The number of aliphatic hydroxyl groups is 1. The van der Waals surface area contributed by atoms with Gasteiger partial charge in [-0.1, -0.05) is 85.8 Å². The third kappa shape index (κ3) is 13.4. The number of ether oxygens (including phenoxy) is 1. The SMILES string of the molecule is C[C@H](CC[C@H](O)c1ccc(O)c2[nH]c(=O)ccc12)Cc1cccc(CC(=O)CCCCN(C)C(=O)CCCN2CCC(OC(=O)Nc3ccccc3-c3ccccc3)CC2)c1. The van der Waals surface area contributed by atoms with Gasteiger partial charge in [-0.2, -0.15) is 0 Å². The van der Waals surface area contributed by atoms with E-state index in [0.717, 1.165) is 92.5 Å². The lowest BCUT2D eigenvalue weighted by Gasteiger charge is -2.31. The van der Waals surface area contributed by atoms with Crippen LogP contribution in [0.4, 0.5) is 10.5 Å². The summed E-state index contributed by atoms with van der Waals surface area (Å²) >= 11 is 0. The number of hydrogen-bond donors (Lipinski definition) is 4. The third-order valence-corrected chi connectivity index (χ3v) is 11.7. The lowest BCUT2D eigenvalue weighted by molar-refractivity contribution is -0.130. The number of benzene rings is 4. The molecule has 322 valence electrons. The second-order valence-electron chi connectivity index (χ2n) is 16.6. The van der Waals surface area contributed by atoms with Crippen LogP contribution in [0.3, 0.4) is 0 Å². The number of likely N-dealkylation sites (tertiary alicyclic amines) is 1. The first kappa shape index (κ1) is 44.8. The van der Waals surface area contributed by atoms with Crippen molar-refractivity contribution in [3.05, 3.63) is 130 Å². The number of phenolic OH excluding ortho intramolecular Hbond substituents is 1. The predicted molar refractivity (Wildman–Crippen MR) is 241 cm³/mol. The van der Waals surface area contributed by atoms with Gasteiger partial charge in [0.05, 0.1) is 17.3 Å². The van der Waals surface area contributed by atoms with Gasteiger partial charge in [-0.05, 0) is 104 Å². The van der Waals surface area contributed by atoms with E-state index in [1.54, 1.807) is 17.0 Å². The molecule has 1 saturated heterocycles. The van der Waals surface area contributed by atoms with E-state index in [9.17, 15) is 29.4 Å². The average Bonchev–Trinajstić information content (AvgIpc) is 3.25. The number of unbranched alkanes of at least 4 members (excludes halogenated alkanes) is 1. The van der Waals surface area contributed by atoms with Gasteiger partial charge in [0.2, 0.25) is 11.5 Å². The molecule has 2 atom stereocenters. The van der Waals surface area contributed by atoms with E-state index in [-0.39, 0.29) is 35.0 Å². The number of hydrogen-bond acceptors (Lipinski definition) is 8. The van der Waals surface area contributed by atoms with E-state index in [0.29, 0.717) is 48.7 Å². The number of carbonyl (C=O) groups is 3. The highest BCUT2D eigenvalue weighted by Gasteiger charge is 2.23. The molecule has 0 spiro atoms. The van der Waals surface area contributed by atoms with Gasteiger partial charge in [0.1, 0.15) is 17.6 Å². The van der Waals surface area contributed by atoms with Crippen LogP contribution in [0, 0.1) is 5.92 Å². The van der Waals surface area contributed by atoms with E-state index in [1.807, 2.05) is 73.8 Å². The van der Waals surface area contributed by atoms with Crippen LogP contribution in [0.1, 0.15) is 87.5 Å². The molecule has 0 saturated carbocycles. The van der Waals surface area contributed by atoms with Crippen LogP contribution in [0.2, 0.25) is 0 Å². The van der Waals surface area contributed by atoms with E-state index in [1.165, 1.54) is 12.1 Å². The Labute approximate surface area is 358 Å². The number of H-pyrrole nitrogens is 1. The van der Waals surface area contributed by atoms with Crippen molar-refractivity contribution in [2.75, 3.05) is 38.5 Å². The normalized spacial score (nSPS) is 14.3. The third-order valence-electron chi connectivity index (χ3n) is 11.7. The highest BCUT2D eigenvalue weighted by molar-refractivity contribution is 5.91. The second kappa shape index (κ2) is 22.2. The Kier molecular flexibility index (Phi) is 16.3. The predicted octanol–water partition coefficient (Wildman–Crippen LogP) is 8.83. The molecule has 11 heteroatoms. The molecule has 61 heavy (non-hydrogen) atoms. The Morgan fingerprint density at radius 1 is 0.869 bits per heavy atom. The molecule has 0 bridgehead atoms.